The second kappa shape index (κ2) is 5.05. The van der Waals surface area contributed by atoms with Crippen LogP contribution in [0.2, 0.25) is 5.02 Å². The van der Waals surface area contributed by atoms with Crippen molar-refractivity contribution in [2.75, 3.05) is 5.73 Å². The number of nitrogen functional groups attached to an aromatic ring is 1. The molecule has 0 saturated carbocycles. The van der Waals surface area contributed by atoms with Crippen LogP contribution >= 0.6 is 11.6 Å². The molecule has 1 aromatic carbocycles. The van der Waals surface area contributed by atoms with Crippen LogP contribution in [-0.2, 0) is 0 Å². The summed E-state index contributed by atoms with van der Waals surface area (Å²) < 4.78 is 0. The topological polar surface area (TPSA) is 96.7 Å². The molecule has 0 aliphatic carbocycles. The predicted molar refractivity (Wildman–Crippen MR) is 68.1 cm³/mol. The molecule has 1 aromatic heterocycles. The second-order valence-electron chi connectivity index (χ2n) is 3.76. The van der Waals surface area contributed by atoms with E-state index in [1.165, 1.54) is 0 Å². The first kappa shape index (κ1) is 12.4. The molecule has 0 aliphatic rings. The molecule has 2 rings (SSSR count). The number of amides is 1. The van der Waals surface area contributed by atoms with Gasteiger partial charge >= 0.3 is 0 Å². The van der Waals surface area contributed by atoms with Gasteiger partial charge in [-0.3, -0.25) is 9.89 Å². The number of nitrogens with zero attached hydrogens (tertiary/aromatic N) is 2. The number of nitrogens with two attached hydrogens (primary N) is 1. The Labute approximate surface area is 109 Å². The van der Waals surface area contributed by atoms with Crippen molar-refractivity contribution in [3.05, 3.63) is 40.7 Å². The first-order valence-electron chi connectivity index (χ1n) is 5.31. The minimum atomic E-state index is -0.383. The summed E-state index contributed by atoms with van der Waals surface area (Å²) in [5, 5.41) is 9.39. The number of halogens is 1. The van der Waals surface area contributed by atoms with Gasteiger partial charge in [-0.25, -0.2) is 0 Å². The maximum atomic E-state index is 11.8. The highest BCUT2D eigenvalue weighted by Crippen LogP contribution is 2.22. The van der Waals surface area contributed by atoms with E-state index < -0.39 is 0 Å². The number of carbonyl (C=O) groups excluding carboxylic acids is 1. The highest BCUT2D eigenvalue weighted by molar-refractivity contribution is 6.31. The molecule has 1 amide bonds. The van der Waals surface area contributed by atoms with E-state index in [9.17, 15) is 4.79 Å². The third-order valence-corrected chi connectivity index (χ3v) is 2.78. The maximum absolute atomic E-state index is 11.8. The van der Waals surface area contributed by atoms with Crippen LogP contribution in [0.5, 0.6) is 0 Å². The summed E-state index contributed by atoms with van der Waals surface area (Å²) >= 11 is 6.05. The van der Waals surface area contributed by atoms with Gasteiger partial charge in [0.25, 0.3) is 5.91 Å². The summed E-state index contributed by atoms with van der Waals surface area (Å²) in [6.07, 6.45) is 0. The number of aromatic amines is 1. The molecule has 0 bridgehead atoms. The van der Waals surface area contributed by atoms with Crippen molar-refractivity contribution in [2.24, 2.45) is 0 Å². The fourth-order valence-corrected chi connectivity index (χ4v) is 1.84. The first-order valence-corrected chi connectivity index (χ1v) is 5.69. The zero-order valence-electron chi connectivity index (χ0n) is 9.64. The van der Waals surface area contributed by atoms with Gasteiger partial charge in [0.05, 0.1) is 6.04 Å². The summed E-state index contributed by atoms with van der Waals surface area (Å²) in [6.45, 7) is 1.83. The number of H-pyrrole nitrogens is 1. The summed E-state index contributed by atoms with van der Waals surface area (Å²) in [7, 11) is 0. The molecular weight excluding hydrogens is 254 g/mol. The van der Waals surface area contributed by atoms with E-state index in [2.05, 4.69) is 20.5 Å². The van der Waals surface area contributed by atoms with Crippen molar-refractivity contribution in [1.82, 2.24) is 20.5 Å². The lowest BCUT2D eigenvalue weighted by atomic mass is 10.1. The fourth-order valence-electron chi connectivity index (χ4n) is 1.55. The van der Waals surface area contributed by atoms with Crippen LogP contribution in [0.25, 0.3) is 0 Å². The number of hydrogen-bond donors (Lipinski definition) is 3. The zero-order valence-corrected chi connectivity index (χ0v) is 10.4. The molecule has 0 saturated heterocycles. The molecule has 0 radical (unpaired) electrons. The van der Waals surface area contributed by atoms with E-state index >= 15 is 0 Å². The molecule has 0 aliphatic heterocycles. The SMILES string of the molecule is C[C@H](NC(=O)c1nc(N)n[nH]1)c1ccccc1Cl. The van der Waals surface area contributed by atoms with E-state index in [-0.39, 0.29) is 23.7 Å². The Balaban J connectivity index is 2.10. The zero-order chi connectivity index (χ0) is 13.1. The maximum Gasteiger partial charge on any atom is 0.289 e. The highest BCUT2D eigenvalue weighted by atomic mass is 35.5. The number of benzene rings is 1. The number of aromatic nitrogens is 3. The number of rotatable bonds is 3. The van der Waals surface area contributed by atoms with Gasteiger partial charge in [0.15, 0.2) is 0 Å². The van der Waals surface area contributed by atoms with Crippen LogP contribution < -0.4 is 11.1 Å². The van der Waals surface area contributed by atoms with Gasteiger partial charge in [-0.15, -0.1) is 5.10 Å². The second-order valence-corrected chi connectivity index (χ2v) is 4.17. The molecule has 7 heteroatoms. The van der Waals surface area contributed by atoms with Crippen LogP contribution in [0, 0.1) is 0 Å². The van der Waals surface area contributed by atoms with Crippen molar-refractivity contribution in [1.29, 1.82) is 0 Å². The van der Waals surface area contributed by atoms with Gasteiger partial charge in [-0.1, -0.05) is 29.8 Å². The quantitative estimate of drug-likeness (QED) is 0.784. The van der Waals surface area contributed by atoms with Crippen LogP contribution in [0.3, 0.4) is 0 Å². The van der Waals surface area contributed by atoms with Gasteiger partial charge in [-0.2, -0.15) is 4.98 Å². The van der Waals surface area contributed by atoms with Gasteiger partial charge < -0.3 is 11.1 Å². The molecule has 0 spiro atoms. The Bertz CT molecular complexity index is 568. The van der Waals surface area contributed by atoms with Gasteiger partial charge in [0.2, 0.25) is 11.8 Å². The fraction of sp³-hybridized carbons (Fsp3) is 0.182. The molecule has 6 nitrogen and oxygen atoms in total. The van der Waals surface area contributed by atoms with Crippen molar-refractivity contribution < 1.29 is 4.79 Å². The summed E-state index contributed by atoms with van der Waals surface area (Å²) in [4.78, 5) is 15.6. The number of nitrogens with one attached hydrogen (secondary N) is 2. The molecule has 1 heterocycles. The van der Waals surface area contributed by atoms with Crippen molar-refractivity contribution in [3.8, 4) is 0 Å². The monoisotopic (exact) mass is 265 g/mol. The average Bonchev–Trinajstić information content (AvgIpc) is 2.76. The van der Waals surface area contributed by atoms with E-state index in [4.69, 9.17) is 17.3 Å². The Hall–Kier alpha value is -2.08. The molecule has 0 fully saturated rings. The van der Waals surface area contributed by atoms with Gasteiger partial charge in [0, 0.05) is 5.02 Å². The normalized spacial score (nSPS) is 12.1. The Morgan fingerprint density at radius 2 is 2.22 bits per heavy atom. The lowest BCUT2D eigenvalue weighted by Gasteiger charge is -2.14. The Morgan fingerprint density at radius 3 is 2.83 bits per heavy atom. The molecule has 2 aromatic rings. The number of carbonyl (C=O) groups is 1. The molecule has 94 valence electrons. The third kappa shape index (κ3) is 2.60. The van der Waals surface area contributed by atoms with Crippen LogP contribution in [0.4, 0.5) is 5.95 Å². The minimum absolute atomic E-state index is 0.0329. The Morgan fingerprint density at radius 1 is 1.50 bits per heavy atom. The van der Waals surface area contributed by atoms with Crippen LogP contribution in [0.15, 0.2) is 24.3 Å². The van der Waals surface area contributed by atoms with E-state index in [1.54, 1.807) is 6.07 Å². The number of hydrogen-bond acceptors (Lipinski definition) is 4. The third-order valence-electron chi connectivity index (χ3n) is 2.44. The van der Waals surface area contributed by atoms with Gasteiger partial charge in [-0.05, 0) is 18.6 Å². The van der Waals surface area contributed by atoms with E-state index in [1.807, 2.05) is 25.1 Å². The first-order chi connectivity index (χ1) is 8.58. The largest absolute Gasteiger partial charge is 0.366 e. The molecule has 0 unspecified atom stereocenters. The predicted octanol–water partition coefficient (Wildman–Crippen LogP) is 1.53. The van der Waals surface area contributed by atoms with E-state index in [0.717, 1.165) is 5.56 Å². The van der Waals surface area contributed by atoms with Crippen LogP contribution in [0.1, 0.15) is 29.1 Å². The standard InChI is InChI=1S/C11H12ClN5O/c1-6(7-4-2-3-5-8(7)12)14-10(18)9-15-11(13)17-16-9/h2-6H,1H3,(H,14,18)(H3,13,15,16,17)/t6-/m0/s1. The van der Waals surface area contributed by atoms with Crippen molar-refractivity contribution in [3.63, 3.8) is 0 Å². The van der Waals surface area contributed by atoms with Crippen molar-refractivity contribution in [2.45, 2.75) is 13.0 Å². The molecular formula is C11H12ClN5O. The Kier molecular flexibility index (Phi) is 3.47. The molecule has 1 atom stereocenters. The summed E-state index contributed by atoms with van der Waals surface area (Å²) in [6, 6.07) is 7.07. The van der Waals surface area contributed by atoms with Crippen LogP contribution in [-0.4, -0.2) is 21.1 Å². The van der Waals surface area contributed by atoms with E-state index in [0.29, 0.717) is 5.02 Å². The average molecular weight is 266 g/mol. The lowest BCUT2D eigenvalue weighted by molar-refractivity contribution is 0.0930. The van der Waals surface area contributed by atoms with Crippen molar-refractivity contribution >= 4 is 23.5 Å². The van der Waals surface area contributed by atoms with Gasteiger partial charge in [0.1, 0.15) is 0 Å². The lowest BCUT2D eigenvalue weighted by Crippen LogP contribution is -2.27. The smallest absolute Gasteiger partial charge is 0.289 e. The highest BCUT2D eigenvalue weighted by Gasteiger charge is 2.16. The molecule has 18 heavy (non-hydrogen) atoms. The summed E-state index contributed by atoms with van der Waals surface area (Å²) in [5.74, 6) is -0.274. The summed E-state index contributed by atoms with van der Waals surface area (Å²) in [5.41, 5.74) is 6.16. The molecule has 4 N–H and O–H groups in total. The minimum Gasteiger partial charge on any atom is -0.366 e. The number of anilines is 1.